The van der Waals surface area contributed by atoms with E-state index in [1.807, 2.05) is 19.1 Å². The molecule has 0 radical (unpaired) electrons. The van der Waals surface area contributed by atoms with Gasteiger partial charge in [-0.1, -0.05) is 41.9 Å². The van der Waals surface area contributed by atoms with E-state index in [9.17, 15) is 5.11 Å². The zero-order chi connectivity index (χ0) is 15.0. The number of aryl methyl sites for hydroxylation is 3. The fraction of sp³-hybridized carbons (Fsp3) is 0.368. The second kappa shape index (κ2) is 5.82. The Bertz CT molecular complexity index is 663. The Kier molecular flexibility index (Phi) is 4.05. The van der Waals surface area contributed by atoms with Gasteiger partial charge in [-0.05, 0) is 67.0 Å². The highest BCUT2D eigenvalue weighted by molar-refractivity contribution is 6.31. The molecule has 2 aromatic rings. The number of aliphatic hydroxyl groups excluding tert-OH is 1. The maximum atomic E-state index is 10.9. The van der Waals surface area contributed by atoms with Gasteiger partial charge in [0.1, 0.15) is 0 Å². The van der Waals surface area contributed by atoms with Gasteiger partial charge in [0.15, 0.2) is 0 Å². The van der Waals surface area contributed by atoms with Crippen LogP contribution < -0.4 is 0 Å². The van der Waals surface area contributed by atoms with Gasteiger partial charge >= 0.3 is 0 Å². The molecule has 2 heteroatoms. The summed E-state index contributed by atoms with van der Waals surface area (Å²) in [7, 11) is 0. The van der Waals surface area contributed by atoms with Gasteiger partial charge in [-0.15, -0.1) is 0 Å². The molecule has 0 fully saturated rings. The fourth-order valence-electron chi connectivity index (χ4n) is 3.37. The molecule has 0 aromatic heterocycles. The molecule has 2 unspecified atom stereocenters. The Morgan fingerprint density at radius 2 is 1.86 bits per heavy atom. The van der Waals surface area contributed by atoms with Crippen LogP contribution in [0, 0.1) is 13.8 Å². The third-order valence-corrected chi connectivity index (χ3v) is 5.06. The summed E-state index contributed by atoms with van der Waals surface area (Å²) in [6.07, 6.45) is 2.72. The van der Waals surface area contributed by atoms with Crippen molar-refractivity contribution in [2.75, 3.05) is 0 Å². The van der Waals surface area contributed by atoms with E-state index in [2.05, 4.69) is 31.2 Å². The smallest absolute Gasteiger partial charge is 0.0873 e. The minimum absolute atomic E-state index is 0.148. The number of halogens is 1. The van der Waals surface area contributed by atoms with Gasteiger partial charge in [-0.3, -0.25) is 0 Å². The van der Waals surface area contributed by atoms with Crippen molar-refractivity contribution in [2.45, 2.75) is 45.1 Å². The summed E-state index contributed by atoms with van der Waals surface area (Å²) < 4.78 is 0. The van der Waals surface area contributed by atoms with Crippen LogP contribution >= 0.6 is 11.6 Å². The summed E-state index contributed by atoms with van der Waals surface area (Å²) in [5.74, 6) is 0.148. The Hall–Kier alpha value is -1.31. The first-order chi connectivity index (χ1) is 10.1. The second-order valence-corrected chi connectivity index (χ2v) is 6.51. The van der Waals surface area contributed by atoms with Gasteiger partial charge < -0.3 is 5.11 Å². The quantitative estimate of drug-likeness (QED) is 0.817. The molecule has 0 aliphatic heterocycles. The van der Waals surface area contributed by atoms with E-state index >= 15 is 0 Å². The number of aliphatic hydroxyl groups is 1. The minimum atomic E-state index is -0.529. The highest BCUT2D eigenvalue weighted by Crippen LogP contribution is 2.42. The molecule has 1 aliphatic rings. The van der Waals surface area contributed by atoms with E-state index in [0.717, 1.165) is 24.8 Å². The van der Waals surface area contributed by atoms with Crippen LogP contribution in [0.4, 0.5) is 0 Å². The van der Waals surface area contributed by atoms with Crippen molar-refractivity contribution in [1.82, 2.24) is 0 Å². The lowest BCUT2D eigenvalue weighted by atomic mass is 9.78. The summed E-state index contributed by atoms with van der Waals surface area (Å²) in [6.45, 7) is 4.12. The van der Waals surface area contributed by atoms with E-state index in [0.29, 0.717) is 5.02 Å². The Morgan fingerprint density at radius 1 is 1.14 bits per heavy atom. The summed E-state index contributed by atoms with van der Waals surface area (Å²) in [5, 5.41) is 11.6. The van der Waals surface area contributed by atoms with Gasteiger partial charge in [-0.2, -0.15) is 0 Å². The molecule has 3 rings (SSSR count). The van der Waals surface area contributed by atoms with E-state index in [-0.39, 0.29) is 5.92 Å². The zero-order valence-corrected chi connectivity index (χ0v) is 13.3. The Morgan fingerprint density at radius 3 is 2.67 bits per heavy atom. The molecule has 1 N–H and O–H groups in total. The Labute approximate surface area is 131 Å². The number of benzene rings is 2. The largest absolute Gasteiger partial charge is 0.388 e. The highest BCUT2D eigenvalue weighted by atomic mass is 35.5. The summed E-state index contributed by atoms with van der Waals surface area (Å²) in [4.78, 5) is 0. The maximum Gasteiger partial charge on any atom is 0.0873 e. The van der Waals surface area contributed by atoms with Crippen molar-refractivity contribution in [1.29, 1.82) is 0 Å². The van der Waals surface area contributed by atoms with Crippen LogP contribution in [-0.2, 0) is 6.42 Å². The molecule has 0 heterocycles. The second-order valence-electron chi connectivity index (χ2n) is 6.10. The minimum Gasteiger partial charge on any atom is -0.388 e. The summed E-state index contributed by atoms with van der Waals surface area (Å²) >= 11 is 6.38. The first-order valence-electron chi connectivity index (χ1n) is 7.60. The molecule has 1 nitrogen and oxygen atoms in total. The van der Waals surface area contributed by atoms with E-state index < -0.39 is 6.10 Å². The van der Waals surface area contributed by atoms with Gasteiger partial charge in [0.25, 0.3) is 0 Å². The average molecular weight is 301 g/mol. The zero-order valence-electron chi connectivity index (χ0n) is 12.6. The molecule has 0 bridgehead atoms. The van der Waals surface area contributed by atoms with Crippen molar-refractivity contribution < 1.29 is 5.11 Å². The highest BCUT2D eigenvalue weighted by Gasteiger charge is 2.28. The SMILES string of the molecule is Cc1cc(Cl)c(C(O)C2CCCc3ccccc32)cc1C. The number of rotatable bonds is 2. The van der Waals surface area contributed by atoms with Gasteiger partial charge in [0.05, 0.1) is 6.10 Å². The lowest BCUT2D eigenvalue weighted by molar-refractivity contribution is 0.136. The molecule has 2 atom stereocenters. The molecule has 2 aromatic carbocycles. The van der Waals surface area contributed by atoms with Crippen LogP contribution in [0.5, 0.6) is 0 Å². The van der Waals surface area contributed by atoms with E-state index in [1.165, 1.54) is 22.3 Å². The molecule has 0 saturated heterocycles. The molecule has 110 valence electrons. The molecule has 0 amide bonds. The van der Waals surface area contributed by atoms with E-state index in [1.54, 1.807) is 0 Å². The van der Waals surface area contributed by atoms with Crippen LogP contribution in [0.3, 0.4) is 0 Å². The molecule has 1 aliphatic carbocycles. The standard InChI is InChI=1S/C19H21ClO/c1-12-10-17(18(20)11-13(12)2)19(21)16-9-5-7-14-6-3-4-8-15(14)16/h3-4,6,8,10-11,16,19,21H,5,7,9H2,1-2H3. The lowest BCUT2D eigenvalue weighted by Crippen LogP contribution is -2.17. The van der Waals surface area contributed by atoms with Crippen molar-refractivity contribution >= 4 is 11.6 Å². The monoisotopic (exact) mass is 300 g/mol. The van der Waals surface area contributed by atoms with Gasteiger partial charge in [0, 0.05) is 10.9 Å². The van der Waals surface area contributed by atoms with Crippen LogP contribution in [0.25, 0.3) is 0 Å². The average Bonchev–Trinajstić information content (AvgIpc) is 2.49. The summed E-state index contributed by atoms with van der Waals surface area (Å²) in [5.41, 5.74) is 5.86. The normalized spacial score (nSPS) is 19.1. The number of fused-ring (bicyclic) bond motifs is 1. The first kappa shape index (κ1) is 14.6. The van der Waals surface area contributed by atoms with Crippen LogP contribution in [0.1, 0.15) is 52.7 Å². The predicted octanol–water partition coefficient (Wildman–Crippen LogP) is 5.11. The van der Waals surface area contributed by atoms with Crippen molar-refractivity contribution in [2.24, 2.45) is 0 Å². The third kappa shape index (κ3) is 2.73. The number of hydrogen-bond acceptors (Lipinski definition) is 1. The summed E-state index contributed by atoms with van der Waals surface area (Å²) in [6, 6.07) is 12.5. The fourth-order valence-corrected chi connectivity index (χ4v) is 3.70. The van der Waals surface area contributed by atoms with Crippen LogP contribution in [0.2, 0.25) is 5.02 Å². The molecular weight excluding hydrogens is 280 g/mol. The Balaban J connectivity index is 2.00. The van der Waals surface area contributed by atoms with Gasteiger partial charge in [0.2, 0.25) is 0 Å². The first-order valence-corrected chi connectivity index (χ1v) is 7.98. The molecule has 21 heavy (non-hydrogen) atoms. The topological polar surface area (TPSA) is 20.2 Å². The van der Waals surface area contributed by atoms with Crippen molar-refractivity contribution in [3.63, 3.8) is 0 Å². The van der Waals surface area contributed by atoms with Crippen LogP contribution in [0.15, 0.2) is 36.4 Å². The van der Waals surface area contributed by atoms with Gasteiger partial charge in [-0.25, -0.2) is 0 Å². The van der Waals surface area contributed by atoms with Crippen LogP contribution in [-0.4, -0.2) is 5.11 Å². The predicted molar refractivity (Wildman–Crippen MR) is 88.0 cm³/mol. The number of hydrogen-bond donors (Lipinski definition) is 1. The van der Waals surface area contributed by atoms with Crippen molar-refractivity contribution in [3.05, 3.63) is 69.2 Å². The van der Waals surface area contributed by atoms with Crippen molar-refractivity contribution in [3.8, 4) is 0 Å². The lowest BCUT2D eigenvalue weighted by Gasteiger charge is -2.30. The third-order valence-electron chi connectivity index (χ3n) is 4.73. The molecular formula is C19H21ClO. The molecule has 0 saturated carbocycles. The molecule has 0 spiro atoms. The maximum absolute atomic E-state index is 10.9. The van der Waals surface area contributed by atoms with E-state index in [4.69, 9.17) is 11.6 Å².